The van der Waals surface area contributed by atoms with Gasteiger partial charge in [-0.3, -0.25) is 0 Å². The van der Waals surface area contributed by atoms with Gasteiger partial charge in [-0.2, -0.15) is 0 Å². The van der Waals surface area contributed by atoms with E-state index in [1.54, 1.807) is 11.1 Å². The van der Waals surface area contributed by atoms with Gasteiger partial charge in [-0.25, -0.2) is 0 Å². The van der Waals surface area contributed by atoms with Crippen molar-refractivity contribution in [2.24, 2.45) is 0 Å². The van der Waals surface area contributed by atoms with Gasteiger partial charge in [0.15, 0.2) is 0 Å². The number of fused-ring (bicyclic) bond motifs is 1. The standard InChI is InChI=1S/C17H24N2S/c1-2-9-18-17-7-3-5-14-12-19(13-16(14)17)10-8-15-6-4-11-20-15/h4,6,11-13,17-18H,2-3,5,7-10H2,1H3. The first-order valence-electron chi connectivity index (χ1n) is 7.81. The molecule has 3 heteroatoms. The third-order valence-corrected chi connectivity index (χ3v) is 5.09. The Hall–Kier alpha value is -1.06. The van der Waals surface area contributed by atoms with Crippen LogP contribution in [-0.2, 0) is 19.4 Å². The zero-order valence-electron chi connectivity index (χ0n) is 12.3. The Morgan fingerprint density at radius 3 is 3.15 bits per heavy atom. The summed E-state index contributed by atoms with van der Waals surface area (Å²) < 4.78 is 2.40. The summed E-state index contributed by atoms with van der Waals surface area (Å²) in [5, 5.41) is 5.87. The van der Waals surface area contributed by atoms with Crippen LogP contribution in [0.25, 0.3) is 0 Å². The minimum Gasteiger partial charge on any atom is -0.353 e. The zero-order chi connectivity index (χ0) is 13.8. The van der Waals surface area contributed by atoms with Gasteiger partial charge >= 0.3 is 0 Å². The summed E-state index contributed by atoms with van der Waals surface area (Å²) in [4.78, 5) is 1.48. The number of nitrogens with zero attached hydrogens (tertiary/aromatic N) is 1. The van der Waals surface area contributed by atoms with Gasteiger partial charge < -0.3 is 9.88 Å². The average molecular weight is 288 g/mol. The summed E-state index contributed by atoms with van der Waals surface area (Å²) in [7, 11) is 0. The molecule has 0 fully saturated rings. The summed E-state index contributed by atoms with van der Waals surface area (Å²) in [5.41, 5.74) is 3.12. The van der Waals surface area contributed by atoms with E-state index < -0.39 is 0 Å². The molecular weight excluding hydrogens is 264 g/mol. The van der Waals surface area contributed by atoms with Crippen LogP contribution < -0.4 is 5.32 Å². The van der Waals surface area contributed by atoms with E-state index in [9.17, 15) is 0 Å². The number of hydrogen-bond acceptors (Lipinski definition) is 2. The van der Waals surface area contributed by atoms with E-state index in [0.29, 0.717) is 6.04 Å². The van der Waals surface area contributed by atoms with Crippen LogP contribution in [0.2, 0.25) is 0 Å². The van der Waals surface area contributed by atoms with Gasteiger partial charge in [0.05, 0.1) is 0 Å². The Balaban J connectivity index is 1.67. The van der Waals surface area contributed by atoms with Crippen LogP contribution in [0, 0.1) is 0 Å². The molecule has 1 N–H and O–H groups in total. The molecule has 1 unspecified atom stereocenters. The highest BCUT2D eigenvalue weighted by Gasteiger charge is 2.21. The van der Waals surface area contributed by atoms with Crippen LogP contribution >= 0.6 is 11.3 Å². The van der Waals surface area contributed by atoms with E-state index in [1.807, 2.05) is 11.3 Å². The minimum atomic E-state index is 0.585. The molecule has 0 amide bonds. The molecule has 2 heterocycles. The first-order valence-corrected chi connectivity index (χ1v) is 8.69. The second kappa shape index (κ2) is 6.59. The van der Waals surface area contributed by atoms with Crippen molar-refractivity contribution >= 4 is 11.3 Å². The second-order valence-electron chi connectivity index (χ2n) is 5.70. The Bertz CT molecular complexity index is 527. The van der Waals surface area contributed by atoms with Gasteiger partial charge in [0, 0.05) is 29.9 Å². The number of hydrogen-bond donors (Lipinski definition) is 1. The molecule has 0 aromatic carbocycles. The van der Waals surface area contributed by atoms with Crippen LogP contribution in [0.1, 0.15) is 48.2 Å². The lowest BCUT2D eigenvalue weighted by atomic mass is 9.91. The highest BCUT2D eigenvalue weighted by atomic mass is 32.1. The van der Waals surface area contributed by atoms with Crippen LogP contribution in [0.5, 0.6) is 0 Å². The monoisotopic (exact) mass is 288 g/mol. The highest BCUT2D eigenvalue weighted by molar-refractivity contribution is 7.09. The van der Waals surface area contributed by atoms with Crippen molar-refractivity contribution in [1.29, 1.82) is 0 Å². The Morgan fingerprint density at radius 2 is 2.35 bits per heavy atom. The quantitative estimate of drug-likeness (QED) is 0.844. The average Bonchev–Trinajstić information content (AvgIpc) is 3.11. The molecule has 1 atom stereocenters. The number of aromatic nitrogens is 1. The summed E-state index contributed by atoms with van der Waals surface area (Å²) in [5.74, 6) is 0. The summed E-state index contributed by atoms with van der Waals surface area (Å²) >= 11 is 1.86. The number of aryl methyl sites for hydroxylation is 3. The van der Waals surface area contributed by atoms with Gasteiger partial charge in [0.25, 0.3) is 0 Å². The molecule has 3 rings (SSSR count). The summed E-state index contributed by atoms with van der Waals surface area (Å²) in [6, 6.07) is 4.96. The lowest BCUT2D eigenvalue weighted by Gasteiger charge is -2.23. The molecule has 2 aromatic heterocycles. The van der Waals surface area contributed by atoms with E-state index in [1.165, 1.54) is 30.6 Å². The topological polar surface area (TPSA) is 17.0 Å². The van der Waals surface area contributed by atoms with Gasteiger partial charge in [-0.1, -0.05) is 13.0 Å². The van der Waals surface area contributed by atoms with Crippen LogP contribution in [0.15, 0.2) is 29.9 Å². The molecule has 0 aliphatic heterocycles. The summed E-state index contributed by atoms with van der Waals surface area (Å²) in [6.45, 7) is 4.47. The predicted molar refractivity (Wildman–Crippen MR) is 86.4 cm³/mol. The molecule has 0 spiro atoms. The predicted octanol–water partition coefficient (Wildman–Crippen LogP) is 4.17. The smallest absolute Gasteiger partial charge is 0.0338 e. The fourth-order valence-electron chi connectivity index (χ4n) is 3.10. The van der Waals surface area contributed by atoms with Crippen LogP contribution in [-0.4, -0.2) is 11.1 Å². The van der Waals surface area contributed by atoms with Crippen LogP contribution in [0.4, 0.5) is 0 Å². The number of thiophene rings is 1. The third kappa shape index (κ3) is 3.15. The van der Waals surface area contributed by atoms with Crippen molar-refractivity contribution in [3.05, 3.63) is 45.9 Å². The zero-order valence-corrected chi connectivity index (χ0v) is 13.1. The molecule has 1 aliphatic rings. The number of nitrogens with one attached hydrogen (secondary N) is 1. The molecule has 0 saturated carbocycles. The molecule has 0 radical (unpaired) electrons. The molecule has 108 valence electrons. The van der Waals surface area contributed by atoms with Crippen molar-refractivity contribution in [1.82, 2.24) is 9.88 Å². The molecular formula is C17H24N2S. The second-order valence-corrected chi connectivity index (χ2v) is 6.74. The maximum absolute atomic E-state index is 3.70. The van der Waals surface area contributed by atoms with Crippen molar-refractivity contribution in [2.45, 2.75) is 51.6 Å². The van der Waals surface area contributed by atoms with E-state index in [0.717, 1.165) is 19.5 Å². The maximum Gasteiger partial charge on any atom is 0.0338 e. The normalized spacial score (nSPS) is 18.1. The van der Waals surface area contributed by atoms with Crippen molar-refractivity contribution in [3.63, 3.8) is 0 Å². The van der Waals surface area contributed by atoms with Gasteiger partial charge in [0.2, 0.25) is 0 Å². The molecule has 20 heavy (non-hydrogen) atoms. The van der Waals surface area contributed by atoms with E-state index in [-0.39, 0.29) is 0 Å². The Labute approximate surface area is 125 Å². The Kier molecular flexibility index (Phi) is 4.58. The van der Waals surface area contributed by atoms with E-state index in [4.69, 9.17) is 0 Å². The minimum absolute atomic E-state index is 0.585. The van der Waals surface area contributed by atoms with Gasteiger partial charge in [0.1, 0.15) is 0 Å². The fourth-order valence-corrected chi connectivity index (χ4v) is 3.80. The highest BCUT2D eigenvalue weighted by Crippen LogP contribution is 2.30. The SMILES string of the molecule is CCCNC1CCCc2cn(CCc3cccs3)cc21. The van der Waals surface area contributed by atoms with Gasteiger partial charge in [-0.15, -0.1) is 11.3 Å². The third-order valence-electron chi connectivity index (χ3n) is 4.15. The Morgan fingerprint density at radius 1 is 1.40 bits per heavy atom. The summed E-state index contributed by atoms with van der Waals surface area (Å²) in [6.07, 6.45) is 11.0. The maximum atomic E-state index is 3.70. The molecule has 2 nitrogen and oxygen atoms in total. The molecule has 0 saturated heterocycles. The first kappa shape index (κ1) is 13.9. The fraction of sp³-hybridized carbons (Fsp3) is 0.529. The molecule has 2 aromatic rings. The number of rotatable bonds is 6. The molecule has 0 bridgehead atoms. The van der Waals surface area contributed by atoms with Crippen molar-refractivity contribution in [3.8, 4) is 0 Å². The van der Waals surface area contributed by atoms with Crippen molar-refractivity contribution in [2.75, 3.05) is 6.54 Å². The first-order chi connectivity index (χ1) is 9.86. The lowest BCUT2D eigenvalue weighted by molar-refractivity contribution is 0.462. The lowest BCUT2D eigenvalue weighted by Crippen LogP contribution is -2.24. The largest absolute Gasteiger partial charge is 0.353 e. The van der Waals surface area contributed by atoms with Crippen molar-refractivity contribution < 1.29 is 0 Å². The molecule has 1 aliphatic carbocycles. The van der Waals surface area contributed by atoms with E-state index in [2.05, 4.69) is 46.7 Å². The van der Waals surface area contributed by atoms with Gasteiger partial charge in [-0.05, 0) is 61.2 Å². The van der Waals surface area contributed by atoms with Crippen LogP contribution in [0.3, 0.4) is 0 Å². The van der Waals surface area contributed by atoms with E-state index >= 15 is 0 Å².